The highest BCUT2D eigenvalue weighted by Crippen LogP contribution is 2.54. The molecular formula is C26H32N2O6. The summed E-state index contributed by atoms with van der Waals surface area (Å²) in [6.07, 6.45) is 1.05. The van der Waals surface area contributed by atoms with E-state index in [1.807, 2.05) is 13.8 Å². The average molecular weight is 469 g/mol. The first-order valence-electron chi connectivity index (χ1n) is 11.5. The number of benzene rings is 2. The smallest absolute Gasteiger partial charge is 0.219 e. The highest BCUT2D eigenvalue weighted by Gasteiger charge is 2.36. The Morgan fingerprint density at radius 2 is 1.62 bits per heavy atom. The summed E-state index contributed by atoms with van der Waals surface area (Å²) in [7, 11) is 2.98. The van der Waals surface area contributed by atoms with Gasteiger partial charge in [-0.15, -0.1) is 0 Å². The van der Waals surface area contributed by atoms with Crippen molar-refractivity contribution in [1.29, 1.82) is 0 Å². The minimum Gasteiger partial charge on any atom is -0.504 e. The SMILES string of the molecule is COc1cc2c(c(-c3c(O)c(OC)c(C)c4c3CCN(C(C)=O)[C@@H]4C)c1O)CCN(C(C)=O)C2. The van der Waals surface area contributed by atoms with Gasteiger partial charge in [0, 0.05) is 50.2 Å². The summed E-state index contributed by atoms with van der Waals surface area (Å²) < 4.78 is 11.1. The van der Waals surface area contributed by atoms with Crippen molar-refractivity contribution in [3.63, 3.8) is 0 Å². The molecule has 0 aliphatic carbocycles. The molecule has 2 aromatic carbocycles. The fourth-order valence-electron chi connectivity index (χ4n) is 5.67. The van der Waals surface area contributed by atoms with Gasteiger partial charge in [0.25, 0.3) is 0 Å². The maximum Gasteiger partial charge on any atom is 0.219 e. The molecular weight excluding hydrogens is 436 g/mol. The summed E-state index contributed by atoms with van der Waals surface area (Å²) in [5.74, 6) is 0.473. The first-order valence-corrected chi connectivity index (χ1v) is 11.5. The minimum atomic E-state index is -0.216. The van der Waals surface area contributed by atoms with E-state index in [0.29, 0.717) is 49.4 Å². The third kappa shape index (κ3) is 3.52. The van der Waals surface area contributed by atoms with Gasteiger partial charge in [0.15, 0.2) is 23.0 Å². The van der Waals surface area contributed by atoms with Gasteiger partial charge in [0.05, 0.1) is 20.3 Å². The number of aromatic hydroxyl groups is 2. The number of rotatable bonds is 3. The van der Waals surface area contributed by atoms with Crippen LogP contribution in [0.5, 0.6) is 23.0 Å². The summed E-state index contributed by atoms with van der Waals surface area (Å²) in [5.41, 5.74) is 5.35. The van der Waals surface area contributed by atoms with Crippen LogP contribution in [0.4, 0.5) is 0 Å². The lowest BCUT2D eigenvalue weighted by atomic mass is 9.80. The van der Waals surface area contributed by atoms with E-state index in [4.69, 9.17) is 9.47 Å². The molecule has 8 nitrogen and oxygen atoms in total. The number of nitrogens with zero attached hydrogens (tertiary/aromatic N) is 2. The Bertz CT molecular complexity index is 1190. The second-order valence-electron chi connectivity index (χ2n) is 9.04. The molecule has 2 amide bonds. The molecule has 0 radical (unpaired) electrons. The van der Waals surface area contributed by atoms with Crippen molar-refractivity contribution in [1.82, 2.24) is 9.80 Å². The van der Waals surface area contributed by atoms with E-state index in [-0.39, 0.29) is 35.1 Å². The Kier molecular flexibility index (Phi) is 6.10. The van der Waals surface area contributed by atoms with Crippen LogP contribution in [0.15, 0.2) is 6.07 Å². The topological polar surface area (TPSA) is 99.5 Å². The molecule has 0 saturated heterocycles. The maximum absolute atomic E-state index is 12.3. The Morgan fingerprint density at radius 1 is 0.971 bits per heavy atom. The molecule has 0 fully saturated rings. The number of hydrogen-bond donors (Lipinski definition) is 2. The molecule has 1 atom stereocenters. The predicted octanol–water partition coefficient (Wildman–Crippen LogP) is 3.46. The first-order chi connectivity index (χ1) is 16.1. The molecule has 0 bridgehead atoms. The average Bonchev–Trinajstić information content (AvgIpc) is 2.79. The van der Waals surface area contributed by atoms with Gasteiger partial charge in [0.1, 0.15) is 0 Å². The van der Waals surface area contributed by atoms with Crippen LogP contribution < -0.4 is 9.47 Å². The summed E-state index contributed by atoms with van der Waals surface area (Å²) in [6.45, 7) is 8.37. The van der Waals surface area contributed by atoms with Gasteiger partial charge in [-0.05, 0) is 55.0 Å². The Labute approximate surface area is 199 Å². The first kappa shape index (κ1) is 23.7. The van der Waals surface area contributed by atoms with Crippen molar-refractivity contribution in [3.05, 3.63) is 33.9 Å². The van der Waals surface area contributed by atoms with Crippen LogP contribution in [-0.4, -0.2) is 59.1 Å². The summed E-state index contributed by atoms with van der Waals surface area (Å²) in [5, 5.41) is 22.8. The number of ether oxygens (including phenoxy) is 2. The number of phenols is 2. The van der Waals surface area contributed by atoms with Crippen LogP contribution in [0.3, 0.4) is 0 Å². The van der Waals surface area contributed by atoms with Crippen LogP contribution in [0.25, 0.3) is 11.1 Å². The predicted molar refractivity (Wildman–Crippen MR) is 127 cm³/mol. The fraction of sp³-hybridized carbons (Fsp3) is 0.462. The number of carbonyl (C=O) groups excluding carboxylic acids is 2. The summed E-state index contributed by atoms with van der Waals surface area (Å²) in [6, 6.07) is 1.55. The van der Waals surface area contributed by atoms with E-state index in [9.17, 15) is 19.8 Å². The van der Waals surface area contributed by atoms with Crippen LogP contribution in [0, 0.1) is 6.92 Å². The second kappa shape index (κ2) is 8.74. The zero-order valence-corrected chi connectivity index (χ0v) is 20.6. The number of hydrogen-bond acceptors (Lipinski definition) is 6. The van der Waals surface area contributed by atoms with Crippen molar-refractivity contribution in [2.45, 2.75) is 53.1 Å². The van der Waals surface area contributed by atoms with Crippen LogP contribution >= 0.6 is 0 Å². The van der Waals surface area contributed by atoms with Crippen molar-refractivity contribution < 1.29 is 29.3 Å². The fourth-order valence-corrected chi connectivity index (χ4v) is 5.67. The standard InChI is InChI=1S/C26H32N2O6/c1-13-21-14(2)28(16(4)30)10-8-19(21)23(25(32)26(13)34-6)22-18-7-9-27(15(3)29)12-17(18)11-20(33-5)24(22)31/h11,14,31-32H,7-10,12H2,1-6H3/t14-/m1/s1. The molecule has 34 heavy (non-hydrogen) atoms. The number of phenolic OH excluding ortho intramolecular Hbond substituents is 2. The van der Waals surface area contributed by atoms with Crippen LogP contribution in [-0.2, 0) is 29.0 Å². The van der Waals surface area contributed by atoms with Gasteiger partial charge < -0.3 is 29.5 Å². The normalized spacial score (nSPS) is 17.2. The molecule has 2 aliphatic heterocycles. The summed E-state index contributed by atoms with van der Waals surface area (Å²) in [4.78, 5) is 27.9. The van der Waals surface area contributed by atoms with Gasteiger partial charge in [0.2, 0.25) is 11.8 Å². The van der Waals surface area contributed by atoms with E-state index in [0.717, 1.165) is 27.8 Å². The molecule has 2 N–H and O–H groups in total. The number of amides is 2. The molecule has 2 aromatic rings. The quantitative estimate of drug-likeness (QED) is 0.716. The summed E-state index contributed by atoms with van der Waals surface area (Å²) >= 11 is 0. The molecule has 2 heterocycles. The van der Waals surface area contributed by atoms with Gasteiger partial charge in [-0.2, -0.15) is 0 Å². The molecule has 8 heteroatoms. The molecule has 0 aromatic heterocycles. The van der Waals surface area contributed by atoms with Gasteiger partial charge in [-0.1, -0.05) is 0 Å². The number of carbonyl (C=O) groups is 2. The van der Waals surface area contributed by atoms with Crippen molar-refractivity contribution >= 4 is 11.8 Å². The highest BCUT2D eigenvalue weighted by molar-refractivity contribution is 5.89. The third-order valence-corrected chi connectivity index (χ3v) is 7.29. The zero-order chi connectivity index (χ0) is 24.9. The maximum atomic E-state index is 12.3. The van der Waals surface area contributed by atoms with E-state index in [1.54, 1.807) is 29.7 Å². The Hall–Kier alpha value is -3.42. The molecule has 0 spiro atoms. The highest BCUT2D eigenvalue weighted by atomic mass is 16.5. The van der Waals surface area contributed by atoms with Gasteiger partial charge in [-0.25, -0.2) is 0 Å². The Balaban J connectivity index is 2.06. The number of fused-ring (bicyclic) bond motifs is 2. The minimum absolute atomic E-state index is 0.0166. The molecule has 0 unspecified atom stereocenters. The van der Waals surface area contributed by atoms with Crippen molar-refractivity contribution in [2.24, 2.45) is 0 Å². The van der Waals surface area contributed by atoms with E-state index in [2.05, 4.69) is 0 Å². The Morgan fingerprint density at radius 3 is 2.21 bits per heavy atom. The number of methoxy groups -OCH3 is 2. The van der Waals surface area contributed by atoms with Gasteiger partial charge >= 0.3 is 0 Å². The van der Waals surface area contributed by atoms with E-state index >= 15 is 0 Å². The molecule has 182 valence electrons. The van der Waals surface area contributed by atoms with E-state index in [1.165, 1.54) is 14.2 Å². The monoisotopic (exact) mass is 468 g/mol. The molecule has 2 aliphatic rings. The largest absolute Gasteiger partial charge is 0.504 e. The van der Waals surface area contributed by atoms with Crippen LogP contribution in [0.1, 0.15) is 54.6 Å². The van der Waals surface area contributed by atoms with E-state index < -0.39 is 0 Å². The zero-order valence-electron chi connectivity index (χ0n) is 20.6. The van der Waals surface area contributed by atoms with Crippen molar-refractivity contribution in [3.8, 4) is 34.1 Å². The van der Waals surface area contributed by atoms with Crippen molar-refractivity contribution in [2.75, 3.05) is 27.3 Å². The lowest BCUT2D eigenvalue weighted by Gasteiger charge is -2.38. The van der Waals surface area contributed by atoms with Gasteiger partial charge in [-0.3, -0.25) is 9.59 Å². The van der Waals surface area contributed by atoms with Crippen LogP contribution in [0.2, 0.25) is 0 Å². The lowest BCUT2D eigenvalue weighted by molar-refractivity contribution is -0.131. The third-order valence-electron chi connectivity index (χ3n) is 7.29. The molecule has 0 saturated carbocycles. The molecule has 4 rings (SSSR count). The lowest BCUT2D eigenvalue weighted by Crippen LogP contribution is -2.38. The second-order valence-corrected chi connectivity index (χ2v) is 9.04.